The third kappa shape index (κ3) is 26.9. The highest BCUT2D eigenvalue weighted by molar-refractivity contribution is 7.47. The molecule has 0 amide bonds. The molecule has 0 aromatic heterocycles. The third-order valence-electron chi connectivity index (χ3n) is 10.8. The van der Waals surface area contributed by atoms with Crippen LogP contribution >= 0.6 is 15.6 Å². The van der Waals surface area contributed by atoms with Gasteiger partial charge < -0.3 is 49.3 Å². The molecule has 1 aliphatic carbocycles. The summed E-state index contributed by atoms with van der Waals surface area (Å²) >= 11 is 0. The van der Waals surface area contributed by atoms with E-state index in [1.165, 1.54) is 44.9 Å². The molecule has 1 aliphatic heterocycles. The molecule has 2 fully saturated rings. The Hall–Kier alpha value is -2.08. The van der Waals surface area contributed by atoms with Crippen LogP contribution in [0.4, 0.5) is 0 Å². The van der Waals surface area contributed by atoms with Crippen LogP contribution in [-0.2, 0) is 46.5 Å². The molecule has 0 spiro atoms. The average Bonchev–Trinajstić information content (AvgIpc) is 4.00. The van der Waals surface area contributed by atoms with Gasteiger partial charge in [-0.3, -0.25) is 23.2 Å². The fraction of sp³-hybridized carbons (Fsp3) is 0.778. The zero-order valence-corrected chi connectivity index (χ0v) is 39.7. The van der Waals surface area contributed by atoms with E-state index in [0.29, 0.717) is 19.3 Å². The van der Waals surface area contributed by atoms with Gasteiger partial charge in [0.15, 0.2) is 6.10 Å². The minimum Gasteiger partial charge on any atom is -0.462 e. The Labute approximate surface area is 380 Å². The molecule has 0 aromatic rings. The number of carbonyl (C=O) groups is 2. The molecule has 1 saturated heterocycles. The number of esters is 2. The van der Waals surface area contributed by atoms with Crippen molar-refractivity contribution in [2.45, 2.75) is 210 Å². The number of phosphoric ester groups is 2. The first-order valence-corrected chi connectivity index (χ1v) is 26.3. The number of aliphatic hydroxyl groups excluding tert-OH is 4. The van der Waals surface area contributed by atoms with Crippen LogP contribution in [0.3, 0.4) is 0 Å². The van der Waals surface area contributed by atoms with Gasteiger partial charge in [-0.15, -0.1) is 0 Å². The van der Waals surface area contributed by atoms with Gasteiger partial charge in [0.2, 0.25) is 0 Å². The summed E-state index contributed by atoms with van der Waals surface area (Å²) in [5.74, 6) is -1.29. The van der Waals surface area contributed by atoms with Crippen molar-refractivity contribution in [2.24, 2.45) is 0 Å². The summed E-state index contributed by atoms with van der Waals surface area (Å²) in [4.78, 5) is 54.3. The number of unbranched alkanes of at least 4 members (excludes halogenated alkanes) is 12. The Morgan fingerprint density at radius 2 is 1.09 bits per heavy atom. The van der Waals surface area contributed by atoms with Crippen LogP contribution in [0, 0.1) is 0 Å². The monoisotopic (exact) mass is 952 g/mol. The zero-order valence-electron chi connectivity index (χ0n) is 37.9. The lowest BCUT2D eigenvalue weighted by Gasteiger charge is -2.43. The van der Waals surface area contributed by atoms with E-state index in [2.05, 4.69) is 67.0 Å². The van der Waals surface area contributed by atoms with Crippen molar-refractivity contribution < 1.29 is 81.6 Å². The largest absolute Gasteiger partial charge is 0.472 e. The number of epoxide rings is 1. The van der Waals surface area contributed by atoms with Crippen LogP contribution in [-0.4, -0.2) is 115 Å². The van der Waals surface area contributed by atoms with E-state index < -0.39 is 83.5 Å². The van der Waals surface area contributed by atoms with E-state index >= 15 is 0 Å². The summed E-state index contributed by atoms with van der Waals surface area (Å²) < 4.78 is 55.1. The highest BCUT2D eigenvalue weighted by atomic mass is 31.2. The fourth-order valence-electron chi connectivity index (χ4n) is 7.05. The van der Waals surface area contributed by atoms with Crippen LogP contribution in [0.15, 0.2) is 48.6 Å². The quantitative estimate of drug-likeness (QED) is 0.0104. The number of hydrogen-bond acceptors (Lipinski definition) is 14. The summed E-state index contributed by atoms with van der Waals surface area (Å²) in [6.07, 6.45) is 22.3. The number of carbonyl (C=O) groups excluding carboxylic acids is 2. The van der Waals surface area contributed by atoms with Gasteiger partial charge in [-0.1, -0.05) is 114 Å². The summed E-state index contributed by atoms with van der Waals surface area (Å²) in [5, 5.41) is 41.2. The number of phosphoric acid groups is 2. The van der Waals surface area contributed by atoms with Gasteiger partial charge in [-0.2, -0.15) is 0 Å². The van der Waals surface area contributed by atoms with Crippen molar-refractivity contribution in [1.82, 2.24) is 0 Å². The average molecular weight is 953 g/mol. The Bertz CT molecular complexity index is 1500. The van der Waals surface area contributed by atoms with Gasteiger partial charge in [0.25, 0.3) is 0 Å². The second kappa shape index (κ2) is 33.4. The van der Waals surface area contributed by atoms with Gasteiger partial charge in [-0.25, -0.2) is 9.13 Å². The van der Waals surface area contributed by atoms with Crippen LogP contribution in [0.5, 0.6) is 0 Å². The standard InChI is InChI=1S/C45H78O17P2/c1-3-5-7-9-11-13-15-17-19-21-23-25-27-31-39(47)59-35(34-58-64(55,56)62-45-42(50)40(48)41(49)44(43(45)51)61-63(52,53)54)33-57-38(46)32-28-30-37-36(60-37)29-26-24-22-20-18-16-14-12-10-8-6-4-2/h12-15,18,20,24,26,35-37,40-45,48-51H,3-11,16-17,19,21-23,25,27-34H2,1-2H3,(H,55,56)(H2,52,53,54)/b14-12-,15-13-,20-18-,26-24-/t35-,36?,37?,40?,41?,42?,43?,44-,45+/m1/s1. The predicted molar refractivity (Wildman–Crippen MR) is 241 cm³/mol. The molecule has 1 saturated carbocycles. The van der Waals surface area contributed by atoms with Crippen LogP contribution < -0.4 is 0 Å². The van der Waals surface area contributed by atoms with Crippen molar-refractivity contribution in [3.05, 3.63) is 48.6 Å². The summed E-state index contributed by atoms with van der Waals surface area (Å²) in [5.41, 5.74) is 0. The predicted octanol–water partition coefficient (Wildman–Crippen LogP) is 7.49. The zero-order chi connectivity index (χ0) is 47.2. The molecule has 2 rings (SSSR count). The summed E-state index contributed by atoms with van der Waals surface area (Å²) in [7, 11) is -10.7. The molecule has 64 heavy (non-hydrogen) atoms. The van der Waals surface area contributed by atoms with E-state index in [9.17, 15) is 53.8 Å². The lowest BCUT2D eigenvalue weighted by molar-refractivity contribution is -0.216. The molecule has 2 aliphatic rings. The molecule has 0 radical (unpaired) electrons. The van der Waals surface area contributed by atoms with Gasteiger partial charge in [0.05, 0.1) is 18.8 Å². The summed E-state index contributed by atoms with van der Waals surface area (Å²) in [6.45, 7) is 2.98. The van der Waals surface area contributed by atoms with Crippen LogP contribution in [0.1, 0.15) is 155 Å². The van der Waals surface area contributed by atoms with Crippen molar-refractivity contribution >= 4 is 27.6 Å². The minimum absolute atomic E-state index is 0.0162. The molecule has 7 N–H and O–H groups in total. The van der Waals surface area contributed by atoms with Crippen LogP contribution in [0.2, 0.25) is 0 Å². The number of allylic oxidation sites excluding steroid dienone is 7. The Morgan fingerprint density at radius 1 is 0.578 bits per heavy atom. The van der Waals surface area contributed by atoms with E-state index in [1.54, 1.807) is 0 Å². The number of aliphatic hydroxyl groups is 4. The maximum Gasteiger partial charge on any atom is 0.472 e. The molecule has 7 unspecified atom stereocenters. The Morgan fingerprint density at radius 3 is 1.73 bits per heavy atom. The molecule has 17 nitrogen and oxygen atoms in total. The topological polar surface area (TPSA) is 269 Å². The number of hydrogen-bond donors (Lipinski definition) is 7. The van der Waals surface area contributed by atoms with Crippen molar-refractivity contribution in [2.75, 3.05) is 13.2 Å². The molecular weight excluding hydrogens is 874 g/mol. The molecule has 370 valence electrons. The molecule has 0 aromatic carbocycles. The van der Waals surface area contributed by atoms with E-state index in [1.807, 2.05) is 0 Å². The molecule has 19 heteroatoms. The number of rotatable bonds is 37. The van der Waals surface area contributed by atoms with Gasteiger partial charge in [0, 0.05) is 12.8 Å². The molecule has 0 bridgehead atoms. The van der Waals surface area contributed by atoms with E-state index in [4.69, 9.17) is 23.3 Å². The first-order chi connectivity index (χ1) is 30.6. The third-order valence-corrected chi connectivity index (χ3v) is 12.3. The lowest BCUT2D eigenvalue weighted by atomic mass is 9.85. The Balaban J connectivity index is 1.84. The molecule has 10 atom stereocenters. The smallest absolute Gasteiger partial charge is 0.462 e. The second-order valence-electron chi connectivity index (χ2n) is 16.5. The van der Waals surface area contributed by atoms with Crippen molar-refractivity contribution in [3.63, 3.8) is 0 Å². The maximum absolute atomic E-state index is 13.0. The second-order valence-corrected chi connectivity index (χ2v) is 19.1. The lowest BCUT2D eigenvalue weighted by Crippen LogP contribution is -2.64. The number of ether oxygens (including phenoxy) is 3. The van der Waals surface area contributed by atoms with Crippen LogP contribution in [0.25, 0.3) is 0 Å². The Kier molecular flexibility index (Phi) is 30.3. The minimum atomic E-state index is -5.37. The van der Waals surface area contributed by atoms with Gasteiger partial charge in [-0.05, 0) is 77.0 Å². The van der Waals surface area contributed by atoms with E-state index in [-0.39, 0.29) is 25.0 Å². The van der Waals surface area contributed by atoms with Crippen molar-refractivity contribution in [3.8, 4) is 0 Å². The van der Waals surface area contributed by atoms with Gasteiger partial charge in [0.1, 0.15) is 43.2 Å². The first-order valence-electron chi connectivity index (χ1n) is 23.3. The van der Waals surface area contributed by atoms with Gasteiger partial charge >= 0.3 is 27.6 Å². The fourth-order valence-corrected chi connectivity index (χ4v) is 8.59. The molecular formula is C45H78O17P2. The first kappa shape index (κ1) is 58.0. The SMILES string of the molecule is CCCCC/C=C\C/C=C\C/C=C\CC1OC1CCCC(=O)OC[C@H](COP(=O)(O)O[C@H]1C(O)C(O)C(O)[C@@H](OP(=O)(O)O)C1O)OC(=O)CCCCCCC/C=C\CCCCCC. The molecule has 1 heterocycles. The maximum atomic E-state index is 13.0. The normalized spacial score (nSPS) is 25.4. The highest BCUT2D eigenvalue weighted by Gasteiger charge is 2.54. The highest BCUT2D eigenvalue weighted by Crippen LogP contribution is 2.49. The van der Waals surface area contributed by atoms with E-state index in [0.717, 1.165) is 64.2 Å². The summed E-state index contributed by atoms with van der Waals surface area (Å²) in [6, 6.07) is 0. The van der Waals surface area contributed by atoms with Crippen molar-refractivity contribution in [1.29, 1.82) is 0 Å².